The molecule has 0 aliphatic carbocycles. The van der Waals surface area contributed by atoms with E-state index in [1.807, 2.05) is 60.7 Å². The van der Waals surface area contributed by atoms with Crippen molar-refractivity contribution in [2.24, 2.45) is 0 Å². The van der Waals surface area contributed by atoms with Crippen LogP contribution in [0.25, 0.3) is 0 Å². The van der Waals surface area contributed by atoms with E-state index in [0.717, 1.165) is 75.3 Å². The minimum Gasteiger partial charge on any atom is -0.547 e. The molecule has 0 heterocycles. The molecule has 2 N–H and O–H groups in total. The fraction of sp³-hybridized carbons (Fsp3) is 0.720. The number of aliphatic hydroxyl groups excluding tert-OH is 2. The van der Waals surface area contributed by atoms with E-state index in [-0.39, 0.29) is 74.3 Å². The molecule has 0 aromatic heterocycles. The monoisotopic (exact) mass is 949 g/mol. The van der Waals surface area contributed by atoms with Crippen LogP contribution in [0.1, 0.15) is 205 Å². The zero-order valence-corrected chi connectivity index (χ0v) is 41.8. The van der Waals surface area contributed by atoms with Crippen LogP contribution in [0.5, 0.6) is 0 Å². The molecule has 4 atom stereocenters. The minimum atomic E-state index is -1.16. The molecule has 4 unspecified atom stereocenters. The molecule has 8 nitrogen and oxygen atoms in total. The number of aliphatic carboxylic acids is 2. The van der Waals surface area contributed by atoms with Crippen LogP contribution >= 0.6 is 0 Å². The van der Waals surface area contributed by atoms with Crippen molar-refractivity contribution >= 4 is 60.8 Å². The summed E-state index contributed by atoms with van der Waals surface area (Å²) in [6, 6.07) is 19.1. The summed E-state index contributed by atoms with van der Waals surface area (Å²) in [5, 5.41) is 42.8. The second kappa shape index (κ2) is 42.1. The summed E-state index contributed by atoms with van der Waals surface area (Å²) in [4.78, 5) is 22.5. The van der Waals surface area contributed by atoms with Gasteiger partial charge in [0.1, 0.15) is 0 Å². The molecular formula is C50H82BaO8. The molecule has 0 saturated heterocycles. The Morgan fingerprint density at radius 3 is 0.983 bits per heavy atom. The van der Waals surface area contributed by atoms with Gasteiger partial charge in [-0.3, -0.25) is 0 Å². The third-order valence-electron chi connectivity index (χ3n) is 10.9. The van der Waals surface area contributed by atoms with Crippen molar-refractivity contribution in [1.29, 1.82) is 0 Å². The molecule has 2 aromatic carbocycles. The van der Waals surface area contributed by atoms with Crippen LogP contribution < -0.4 is 10.2 Å². The van der Waals surface area contributed by atoms with Gasteiger partial charge in [-0.15, -0.1) is 0 Å². The van der Waals surface area contributed by atoms with Gasteiger partial charge in [-0.25, -0.2) is 0 Å². The number of carboxylic acid groups (broad SMARTS) is 2. The summed E-state index contributed by atoms with van der Waals surface area (Å²) in [7, 11) is 0. The van der Waals surface area contributed by atoms with Gasteiger partial charge in [-0.1, -0.05) is 216 Å². The van der Waals surface area contributed by atoms with E-state index in [1.54, 1.807) is 0 Å². The molecule has 0 aliphatic rings. The SMILES string of the molecule is CCCCCCCCCCCC(O)CCCCC(OCc1ccccc1)C(=O)[O-].CCCCCCCCCCCC(O)CCCCC(OCc1ccccc1)C(=O)[O-].[Ba+2]. The van der Waals surface area contributed by atoms with Crippen molar-refractivity contribution in [3.05, 3.63) is 71.8 Å². The molecule has 332 valence electrons. The molecular weight excluding hydrogens is 866 g/mol. The maximum Gasteiger partial charge on any atom is 2.00 e. The molecule has 2 rings (SSSR count). The summed E-state index contributed by atoms with van der Waals surface area (Å²) >= 11 is 0. The Hall–Kier alpha value is -1.21. The average Bonchev–Trinajstić information content (AvgIpc) is 3.22. The quantitative estimate of drug-likeness (QED) is 0.0501. The fourth-order valence-corrected chi connectivity index (χ4v) is 7.17. The van der Waals surface area contributed by atoms with E-state index in [1.165, 1.54) is 103 Å². The van der Waals surface area contributed by atoms with Crippen LogP contribution in [-0.4, -0.2) is 95.4 Å². The van der Waals surface area contributed by atoms with Crippen LogP contribution in [0.2, 0.25) is 0 Å². The average molecular weight is 949 g/mol. The van der Waals surface area contributed by atoms with Gasteiger partial charge in [-0.05, 0) is 49.7 Å². The minimum absolute atomic E-state index is 0. The Bertz CT molecular complexity index is 1110. The number of ether oxygens (including phenoxy) is 2. The topological polar surface area (TPSA) is 139 Å². The summed E-state index contributed by atoms with van der Waals surface area (Å²) < 4.78 is 11.0. The summed E-state index contributed by atoms with van der Waals surface area (Å²) in [5.74, 6) is -2.31. The third-order valence-corrected chi connectivity index (χ3v) is 10.9. The van der Waals surface area contributed by atoms with Crippen molar-refractivity contribution < 1.29 is 39.5 Å². The number of unbranched alkanes of at least 4 members (excludes halogenated alkanes) is 18. The maximum atomic E-state index is 11.3. The normalized spacial score (nSPS) is 13.1. The van der Waals surface area contributed by atoms with Crippen molar-refractivity contribution in [3.63, 3.8) is 0 Å². The van der Waals surface area contributed by atoms with Gasteiger partial charge in [0.25, 0.3) is 0 Å². The number of rotatable bonds is 38. The number of carbonyl (C=O) groups excluding carboxylic acids is 2. The second-order valence-corrected chi connectivity index (χ2v) is 16.3. The van der Waals surface area contributed by atoms with Crippen LogP contribution in [0, 0.1) is 0 Å². The van der Waals surface area contributed by atoms with Crippen LogP contribution in [0.3, 0.4) is 0 Å². The molecule has 0 saturated carbocycles. The largest absolute Gasteiger partial charge is 2.00 e. The van der Waals surface area contributed by atoms with Gasteiger partial charge in [0, 0.05) is 0 Å². The van der Waals surface area contributed by atoms with Crippen LogP contribution in [0.4, 0.5) is 0 Å². The summed E-state index contributed by atoms with van der Waals surface area (Å²) in [5.41, 5.74) is 1.91. The Morgan fingerprint density at radius 1 is 0.441 bits per heavy atom. The van der Waals surface area contributed by atoms with Crippen LogP contribution in [-0.2, 0) is 32.3 Å². The molecule has 0 spiro atoms. The number of aliphatic hydroxyl groups is 2. The second-order valence-electron chi connectivity index (χ2n) is 16.3. The van der Waals surface area contributed by atoms with E-state index in [0.29, 0.717) is 12.8 Å². The van der Waals surface area contributed by atoms with Gasteiger partial charge in [0.05, 0.1) is 49.6 Å². The van der Waals surface area contributed by atoms with E-state index in [4.69, 9.17) is 9.47 Å². The number of carboxylic acids is 2. The van der Waals surface area contributed by atoms with E-state index < -0.39 is 24.1 Å². The smallest absolute Gasteiger partial charge is 0.547 e. The van der Waals surface area contributed by atoms with Gasteiger partial charge in [-0.2, -0.15) is 0 Å². The first kappa shape index (κ1) is 57.8. The van der Waals surface area contributed by atoms with Gasteiger partial charge in [0.15, 0.2) is 0 Å². The van der Waals surface area contributed by atoms with Crippen molar-refractivity contribution in [2.45, 2.75) is 231 Å². The predicted molar refractivity (Wildman–Crippen MR) is 238 cm³/mol. The number of benzene rings is 2. The van der Waals surface area contributed by atoms with Gasteiger partial charge >= 0.3 is 48.9 Å². The Kier molecular flexibility index (Phi) is 41.2. The molecule has 0 bridgehead atoms. The zero-order chi connectivity index (χ0) is 42.3. The molecule has 59 heavy (non-hydrogen) atoms. The fourth-order valence-electron chi connectivity index (χ4n) is 7.17. The number of hydrogen-bond donors (Lipinski definition) is 2. The van der Waals surface area contributed by atoms with E-state index in [2.05, 4.69) is 13.8 Å². The van der Waals surface area contributed by atoms with Gasteiger partial charge < -0.3 is 39.5 Å². The molecule has 9 heteroatoms. The Morgan fingerprint density at radius 2 is 0.695 bits per heavy atom. The first-order valence-electron chi connectivity index (χ1n) is 23.4. The summed E-state index contributed by atoms with van der Waals surface area (Å²) in [6.07, 6.45) is 28.0. The molecule has 0 fully saturated rings. The maximum absolute atomic E-state index is 11.3. The van der Waals surface area contributed by atoms with Crippen molar-refractivity contribution in [1.82, 2.24) is 0 Å². The van der Waals surface area contributed by atoms with Crippen LogP contribution in [0.15, 0.2) is 60.7 Å². The first-order chi connectivity index (χ1) is 28.3. The Labute approximate surface area is 400 Å². The zero-order valence-electron chi connectivity index (χ0n) is 37.3. The van der Waals surface area contributed by atoms with Crippen molar-refractivity contribution in [3.8, 4) is 0 Å². The van der Waals surface area contributed by atoms with E-state index in [9.17, 15) is 30.0 Å². The molecule has 2 aromatic rings. The molecule has 0 amide bonds. The Balaban J connectivity index is 0.00000112. The standard InChI is InChI=1S/2C25H42O4.Ba/c2*1-2-3-4-5-6-7-8-9-13-18-23(26)19-14-15-20-24(25(27)28)29-21-22-16-11-10-12-17-22;/h2*10-12,16-17,23-24,26H,2-9,13-15,18-21H2,1H3,(H,27,28);/q;;+2/p-2. The summed E-state index contributed by atoms with van der Waals surface area (Å²) in [6.45, 7) is 5.04. The first-order valence-corrected chi connectivity index (χ1v) is 23.4. The number of carbonyl (C=O) groups is 2. The number of hydrogen-bond acceptors (Lipinski definition) is 8. The van der Waals surface area contributed by atoms with E-state index >= 15 is 0 Å². The van der Waals surface area contributed by atoms with Gasteiger partial charge in [0.2, 0.25) is 0 Å². The molecule has 0 aliphatic heterocycles. The predicted octanol–water partition coefficient (Wildman–Crippen LogP) is 9.95. The third kappa shape index (κ3) is 36.0. The van der Waals surface area contributed by atoms with Crippen molar-refractivity contribution in [2.75, 3.05) is 0 Å². The molecule has 0 radical (unpaired) electrons.